The maximum Gasteiger partial charge on any atom is -0.00199 e. The summed E-state index contributed by atoms with van der Waals surface area (Å²) < 4.78 is 0. The summed E-state index contributed by atoms with van der Waals surface area (Å²) in [6.07, 6.45) is 0. The van der Waals surface area contributed by atoms with Crippen molar-refractivity contribution in [1.82, 2.24) is 0 Å². The minimum Gasteiger partial charge on any atom is -0.0616 e. The lowest BCUT2D eigenvalue weighted by Gasteiger charge is -2.17. The fraction of sp³-hybridized carbons (Fsp3) is 0. The second-order valence-electron chi connectivity index (χ2n) is 12.9. The predicted molar refractivity (Wildman–Crippen MR) is 208 cm³/mol. The zero-order chi connectivity index (χ0) is 31.6. The Morgan fingerprint density at radius 2 is 0.771 bits per heavy atom. The first-order chi connectivity index (χ1) is 23.8. The van der Waals surface area contributed by atoms with Gasteiger partial charge in [0.15, 0.2) is 0 Å². The lowest BCUT2D eigenvalue weighted by Crippen LogP contribution is -1.90. The van der Waals surface area contributed by atoms with E-state index in [0.29, 0.717) is 0 Å². The smallest absolute Gasteiger partial charge is 0.00199 e. The average molecular weight is 607 g/mol. The Kier molecular flexibility index (Phi) is 5.98. The van der Waals surface area contributed by atoms with Crippen LogP contribution < -0.4 is 0 Å². The summed E-state index contributed by atoms with van der Waals surface area (Å²) in [6.45, 7) is 0. The zero-order valence-corrected chi connectivity index (χ0v) is 26.3. The molecule has 0 nitrogen and oxygen atoms in total. The molecule has 0 bridgehead atoms. The molecule has 0 N–H and O–H groups in total. The first-order valence-corrected chi connectivity index (χ1v) is 16.7. The van der Waals surface area contributed by atoms with E-state index in [2.05, 4.69) is 182 Å². The fourth-order valence-corrected chi connectivity index (χ4v) is 7.93. The van der Waals surface area contributed by atoms with E-state index in [9.17, 15) is 0 Å². The highest BCUT2D eigenvalue weighted by Gasteiger charge is 2.16. The molecule has 0 aliphatic carbocycles. The Bertz CT molecular complexity index is 2890. The normalized spacial score (nSPS) is 11.8. The molecule has 0 unspecified atom stereocenters. The van der Waals surface area contributed by atoms with E-state index in [4.69, 9.17) is 0 Å². The number of rotatable bonds is 3. The number of hydrogen-bond donors (Lipinski definition) is 0. The Labute approximate surface area is 279 Å². The third-order valence-corrected chi connectivity index (χ3v) is 10.2. The molecule has 0 heterocycles. The molecule has 0 heteroatoms. The molecule has 0 fully saturated rings. The summed E-state index contributed by atoms with van der Waals surface area (Å²) in [5.74, 6) is 0. The summed E-state index contributed by atoms with van der Waals surface area (Å²) in [4.78, 5) is 0. The Hall–Kier alpha value is -6.24. The molecule has 0 aromatic heterocycles. The van der Waals surface area contributed by atoms with Crippen molar-refractivity contribution in [3.05, 3.63) is 182 Å². The molecule has 0 aliphatic heterocycles. The molecule has 0 radical (unpaired) electrons. The monoisotopic (exact) mass is 606 g/mol. The van der Waals surface area contributed by atoms with Gasteiger partial charge in [-0.15, -0.1) is 0 Å². The van der Waals surface area contributed by atoms with Crippen LogP contribution >= 0.6 is 0 Å². The van der Waals surface area contributed by atoms with Crippen molar-refractivity contribution in [2.24, 2.45) is 0 Å². The molecule has 0 aliphatic rings. The second-order valence-corrected chi connectivity index (χ2v) is 12.9. The molecule has 10 rings (SSSR count). The van der Waals surface area contributed by atoms with Gasteiger partial charge in [-0.1, -0.05) is 158 Å². The minimum absolute atomic E-state index is 1.23. The molecule has 48 heavy (non-hydrogen) atoms. The van der Waals surface area contributed by atoms with E-state index in [-0.39, 0.29) is 0 Å². The molecule has 0 amide bonds. The highest BCUT2D eigenvalue weighted by molar-refractivity contribution is 6.33. The Balaban J connectivity index is 1.24. The molecule has 0 saturated carbocycles. The van der Waals surface area contributed by atoms with Gasteiger partial charge in [-0.3, -0.25) is 0 Å². The van der Waals surface area contributed by atoms with Gasteiger partial charge in [-0.2, -0.15) is 0 Å². The predicted octanol–water partition coefficient (Wildman–Crippen LogP) is 13.6. The van der Waals surface area contributed by atoms with Crippen LogP contribution in [0.3, 0.4) is 0 Å². The maximum atomic E-state index is 2.44. The Morgan fingerprint density at radius 3 is 1.60 bits per heavy atom. The van der Waals surface area contributed by atoms with Gasteiger partial charge in [0.2, 0.25) is 0 Å². The third-order valence-electron chi connectivity index (χ3n) is 10.2. The minimum atomic E-state index is 1.23. The van der Waals surface area contributed by atoms with Crippen LogP contribution in [0.4, 0.5) is 0 Å². The number of hydrogen-bond acceptors (Lipinski definition) is 0. The quantitative estimate of drug-likeness (QED) is 0.176. The van der Waals surface area contributed by atoms with Crippen LogP contribution in [-0.2, 0) is 0 Å². The summed E-state index contributed by atoms with van der Waals surface area (Å²) in [6, 6.07) is 67.1. The molecule has 0 atom stereocenters. The van der Waals surface area contributed by atoms with Crippen LogP contribution in [0.1, 0.15) is 0 Å². The Morgan fingerprint density at radius 1 is 0.208 bits per heavy atom. The van der Waals surface area contributed by atoms with Crippen LogP contribution in [0.5, 0.6) is 0 Å². The standard InChI is InChI=1S/C48H30/c1-2-13-33-27-34(24-23-31(33)11-1)35-25-26-44-46(29-35)40-18-5-6-19-41(40)47-30-45(42-20-7-8-21-43(42)48(44)47)37-16-9-15-36(28-37)39-22-10-14-32-12-3-4-17-38(32)39/h1-30H. The van der Waals surface area contributed by atoms with Gasteiger partial charge in [0.05, 0.1) is 0 Å². The van der Waals surface area contributed by atoms with E-state index >= 15 is 0 Å². The lowest BCUT2D eigenvalue weighted by molar-refractivity contribution is 1.63. The van der Waals surface area contributed by atoms with Crippen LogP contribution in [0, 0.1) is 0 Å². The lowest BCUT2D eigenvalue weighted by atomic mass is 9.86. The van der Waals surface area contributed by atoms with E-state index in [0.717, 1.165) is 0 Å². The number of benzene rings is 10. The highest BCUT2D eigenvalue weighted by Crippen LogP contribution is 2.44. The summed E-state index contributed by atoms with van der Waals surface area (Å²) in [5.41, 5.74) is 7.47. The van der Waals surface area contributed by atoms with E-state index in [1.165, 1.54) is 98.0 Å². The largest absolute Gasteiger partial charge is 0.0616 e. The molecule has 0 saturated heterocycles. The van der Waals surface area contributed by atoms with Crippen LogP contribution in [0.2, 0.25) is 0 Å². The van der Waals surface area contributed by atoms with Gasteiger partial charge in [0.1, 0.15) is 0 Å². The topological polar surface area (TPSA) is 0 Å². The van der Waals surface area contributed by atoms with Crippen LogP contribution in [0.25, 0.3) is 98.0 Å². The highest BCUT2D eigenvalue weighted by atomic mass is 14.2. The van der Waals surface area contributed by atoms with Gasteiger partial charge < -0.3 is 0 Å². The first kappa shape index (κ1) is 26.9. The van der Waals surface area contributed by atoms with Gasteiger partial charge in [0.25, 0.3) is 0 Å². The second kappa shape index (κ2) is 10.7. The molecule has 0 spiro atoms. The summed E-state index contributed by atoms with van der Waals surface area (Å²) in [5, 5.41) is 15.4. The number of fused-ring (bicyclic) bond motifs is 10. The van der Waals surface area contributed by atoms with Crippen molar-refractivity contribution in [3.63, 3.8) is 0 Å². The van der Waals surface area contributed by atoms with Crippen molar-refractivity contribution in [3.8, 4) is 33.4 Å². The fourth-order valence-electron chi connectivity index (χ4n) is 7.93. The van der Waals surface area contributed by atoms with E-state index in [1.807, 2.05) is 0 Å². The molecular formula is C48H30. The average Bonchev–Trinajstić information content (AvgIpc) is 3.17. The van der Waals surface area contributed by atoms with Crippen molar-refractivity contribution in [1.29, 1.82) is 0 Å². The van der Waals surface area contributed by atoms with Gasteiger partial charge in [0, 0.05) is 0 Å². The van der Waals surface area contributed by atoms with Crippen molar-refractivity contribution < 1.29 is 0 Å². The van der Waals surface area contributed by atoms with E-state index < -0.39 is 0 Å². The van der Waals surface area contributed by atoms with Crippen molar-refractivity contribution >= 4 is 64.6 Å². The van der Waals surface area contributed by atoms with Gasteiger partial charge in [-0.05, 0) is 122 Å². The van der Waals surface area contributed by atoms with Gasteiger partial charge >= 0.3 is 0 Å². The van der Waals surface area contributed by atoms with Crippen LogP contribution in [-0.4, -0.2) is 0 Å². The molecular weight excluding hydrogens is 577 g/mol. The SMILES string of the molecule is c1cc(-c2cccc3ccccc23)cc(-c2cc3c4ccccc4c4cc(-c5ccc6ccccc6c5)ccc4c3c3ccccc23)c1. The molecule has 10 aromatic rings. The molecule has 222 valence electrons. The summed E-state index contributed by atoms with van der Waals surface area (Å²) >= 11 is 0. The third kappa shape index (κ3) is 4.16. The van der Waals surface area contributed by atoms with Gasteiger partial charge in [-0.25, -0.2) is 0 Å². The van der Waals surface area contributed by atoms with Crippen molar-refractivity contribution in [2.45, 2.75) is 0 Å². The van der Waals surface area contributed by atoms with Crippen LogP contribution in [0.15, 0.2) is 182 Å². The van der Waals surface area contributed by atoms with E-state index in [1.54, 1.807) is 0 Å². The molecule has 10 aromatic carbocycles. The van der Waals surface area contributed by atoms with Crippen molar-refractivity contribution in [2.75, 3.05) is 0 Å². The maximum absolute atomic E-state index is 2.44. The zero-order valence-electron chi connectivity index (χ0n) is 26.3. The summed E-state index contributed by atoms with van der Waals surface area (Å²) in [7, 11) is 0. The first-order valence-electron chi connectivity index (χ1n) is 16.7.